The van der Waals surface area contributed by atoms with E-state index in [4.69, 9.17) is 15.6 Å². The summed E-state index contributed by atoms with van der Waals surface area (Å²) in [4.78, 5) is 11.2. The van der Waals surface area contributed by atoms with E-state index in [0.717, 1.165) is 10.9 Å². The van der Waals surface area contributed by atoms with Gasteiger partial charge in [-0.15, -0.1) is 0 Å². The van der Waals surface area contributed by atoms with Gasteiger partial charge in [0.2, 0.25) is 5.55 Å². The molecule has 0 unspecified atom stereocenters. The molecule has 0 bridgehead atoms. The summed E-state index contributed by atoms with van der Waals surface area (Å²) < 4.78 is 5.29. The minimum Gasteiger partial charge on any atom is -0.438 e. The van der Waals surface area contributed by atoms with Crippen molar-refractivity contribution in [1.82, 2.24) is 0 Å². The summed E-state index contributed by atoms with van der Waals surface area (Å²) in [5, 5.41) is 8.38. The van der Waals surface area contributed by atoms with E-state index in [0.29, 0.717) is 5.58 Å². The molecule has 4 nitrogen and oxygen atoms in total. The van der Waals surface area contributed by atoms with Gasteiger partial charge in [0.25, 0.3) is 5.91 Å². The van der Waals surface area contributed by atoms with Gasteiger partial charge in [0.15, 0.2) is 0 Å². The molecule has 4 heteroatoms. The first kappa shape index (κ1) is 12.4. The topological polar surface area (TPSA) is 80.1 Å². The summed E-state index contributed by atoms with van der Waals surface area (Å²) in [5.41, 5.74) is 6.85. The molecule has 94 valence electrons. The molecule has 3 N–H and O–H groups in total. The van der Waals surface area contributed by atoms with E-state index in [1.54, 1.807) is 6.07 Å². The van der Waals surface area contributed by atoms with Crippen LogP contribution in [0.25, 0.3) is 11.0 Å². The fourth-order valence-corrected chi connectivity index (χ4v) is 1.79. The summed E-state index contributed by atoms with van der Waals surface area (Å²) >= 11 is 0. The Bertz CT molecular complexity index is 678. The summed E-state index contributed by atoms with van der Waals surface area (Å²) in [5.74, 6) is -0.646. The maximum atomic E-state index is 11.2. The number of primary amides is 1. The maximum Gasteiger partial charge on any atom is 0.254 e. The minimum atomic E-state index is -0.646. The van der Waals surface area contributed by atoms with Crippen molar-refractivity contribution in [3.05, 3.63) is 40.9 Å². The predicted molar refractivity (Wildman–Crippen MR) is 69.3 cm³/mol. The van der Waals surface area contributed by atoms with Crippen LogP contribution in [0, 0.1) is 5.41 Å². The second-order valence-electron chi connectivity index (χ2n) is 5.36. The van der Waals surface area contributed by atoms with Gasteiger partial charge in [-0.2, -0.15) is 0 Å². The summed E-state index contributed by atoms with van der Waals surface area (Å²) in [6.45, 7) is 6.33. The number of hydrogen-bond donors (Lipinski definition) is 2. The summed E-state index contributed by atoms with van der Waals surface area (Å²) in [6.07, 6.45) is 0. The van der Waals surface area contributed by atoms with Crippen LogP contribution in [0.5, 0.6) is 0 Å². The smallest absolute Gasteiger partial charge is 0.254 e. The van der Waals surface area contributed by atoms with Gasteiger partial charge in [-0.1, -0.05) is 26.8 Å². The number of benzene rings is 1. The Hall–Kier alpha value is -2.10. The van der Waals surface area contributed by atoms with E-state index in [9.17, 15) is 4.79 Å². The molecule has 0 saturated carbocycles. The third-order valence-electron chi connectivity index (χ3n) is 2.90. The first-order chi connectivity index (χ1) is 8.29. The molecule has 18 heavy (non-hydrogen) atoms. The number of hydrogen-bond acceptors (Lipinski definition) is 3. The van der Waals surface area contributed by atoms with Gasteiger partial charge in [-0.3, -0.25) is 10.2 Å². The van der Waals surface area contributed by atoms with E-state index in [2.05, 4.69) is 20.8 Å². The molecular weight excluding hydrogens is 228 g/mol. The standard InChI is InChI=1S/C14H16N2O2/c1-14(2,3)9-4-5-11-8(6-9)7-10(12(15)17)13(16)18-11/h4-7,16H,1-3H3,(H2,15,17). The highest BCUT2D eigenvalue weighted by Gasteiger charge is 2.15. The SMILES string of the molecule is CC(C)(C)c1ccc2oc(=N)c(C(N)=O)cc2c1. The highest BCUT2D eigenvalue weighted by molar-refractivity contribution is 5.95. The van der Waals surface area contributed by atoms with Crippen LogP contribution < -0.4 is 11.3 Å². The lowest BCUT2D eigenvalue weighted by atomic mass is 9.86. The molecule has 0 aliphatic carbocycles. The third-order valence-corrected chi connectivity index (χ3v) is 2.90. The van der Waals surface area contributed by atoms with Gasteiger partial charge in [0.05, 0.1) is 0 Å². The number of carbonyl (C=O) groups is 1. The van der Waals surface area contributed by atoms with Crippen LogP contribution in [-0.2, 0) is 5.41 Å². The quantitative estimate of drug-likeness (QED) is 0.807. The van der Waals surface area contributed by atoms with Crippen LogP contribution in [-0.4, -0.2) is 5.91 Å². The van der Waals surface area contributed by atoms with Crippen molar-refractivity contribution in [3.63, 3.8) is 0 Å². The minimum absolute atomic E-state index is 0.0146. The first-order valence-corrected chi connectivity index (χ1v) is 5.72. The van der Waals surface area contributed by atoms with E-state index in [1.807, 2.05) is 18.2 Å². The van der Waals surface area contributed by atoms with E-state index in [1.165, 1.54) is 0 Å². The molecule has 1 heterocycles. The van der Waals surface area contributed by atoms with Crippen molar-refractivity contribution < 1.29 is 9.21 Å². The number of amides is 1. The fourth-order valence-electron chi connectivity index (χ4n) is 1.79. The number of rotatable bonds is 1. The Balaban J connectivity index is 2.73. The molecule has 0 aliphatic heterocycles. The van der Waals surface area contributed by atoms with E-state index < -0.39 is 5.91 Å². The number of carbonyl (C=O) groups excluding carboxylic acids is 1. The summed E-state index contributed by atoms with van der Waals surface area (Å²) in [6, 6.07) is 7.36. The molecule has 1 aromatic carbocycles. The van der Waals surface area contributed by atoms with Crippen LogP contribution in [0.15, 0.2) is 28.7 Å². The zero-order chi connectivity index (χ0) is 13.5. The van der Waals surface area contributed by atoms with Crippen LogP contribution in [0.4, 0.5) is 0 Å². The lowest BCUT2D eigenvalue weighted by Crippen LogP contribution is -2.21. The monoisotopic (exact) mass is 244 g/mol. The van der Waals surface area contributed by atoms with Gasteiger partial charge in [-0.25, -0.2) is 0 Å². The van der Waals surface area contributed by atoms with Gasteiger partial charge < -0.3 is 10.2 Å². The zero-order valence-corrected chi connectivity index (χ0v) is 10.7. The average molecular weight is 244 g/mol. The number of nitrogens with one attached hydrogen (secondary N) is 1. The number of fused-ring (bicyclic) bond motifs is 1. The van der Waals surface area contributed by atoms with Crippen molar-refractivity contribution in [2.45, 2.75) is 26.2 Å². The molecule has 0 aliphatic rings. The molecule has 0 saturated heterocycles. The molecule has 0 atom stereocenters. The number of nitrogens with two attached hydrogens (primary N) is 1. The fraction of sp³-hybridized carbons (Fsp3) is 0.286. The van der Waals surface area contributed by atoms with Crippen LogP contribution in [0.2, 0.25) is 0 Å². The Morgan fingerprint density at radius 2 is 1.94 bits per heavy atom. The maximum absolute atomic E-state index is 11.2. The van der Waals surface area contributed by atoms with Crippen molar-refractivity contribution >= 4 is 16.9 Å². The van der Waals surface area contributed by atoms with Crippen molar-refractivity contribution in [3.8, 4) is 0 Å². The Kier molecular flexibility index (Phi) is 2.73. The molecule has 2 aromatic rings. The highest BCUT2D eigenvalue weighted by Crippen LogP contribution is 2.25. The lowest BCUT2D eigenvalue weighted by molar-refractivity contribution is 0.0996. The molecule has 1 aromatic heterocycles. The Morgan fingerprint density at radius 1 is 1.28 bits per heavy atom. The van der Waals surface area contributed by atoms with Gasteiger partial charge in [0.1, 0.15) is 11.1 Å². The van der Waals surface area contributed by atoms with Crippen molar-refractivity contribution in [1.29, 1.82) is 5.41 Å². The molecular formula is C14H16N2O2. The largest absolute Gasteiger partial charge is 0.438 e. The molecule has 2 rings (SSSR count). The van der Waals surface area contributed by atoms with Gasteiger partial charge in [0, 0.05) is 5.39 Å². The average Bonchev–Trinajstić information content (AvgIpc) is 2.25. The van der Waals surface area contributed by atoms with E-state index in [-0.39, 0.29) is 16.5 Å². The summed E-state index contributed by atoms with van der Waals surface area (Å²) in [7, 11) is 0. The molecule has 1 amide bonds. The van der Waals surface area contributed by atoms with Crippen LogP contribution >= 0.6 is 0 Å². The molecule has 0 fully saturated rings. The van der Waals surface area contributed by atoms with E-state index >= 15 is 0 Å². The highest BCUT2D eigenvalue weighted by atomic mass is 16.3. The van der Waals surface area contributed by atoms with Gasteiger partial charge in [-0.05, 0) is 29.2 Å². The van der Waals surface area contributed by atoms with Crippen molar-refractivity contribution in [2.75, 3.05) is 0 Å². The zero-order valence-electron chi connectivity index (χ0n) is 10.7. The van der Waals surface area contributed by atoms with Gasteiger partial charge >= 0.3 is 0 Å². The second kappa shape index (κ2) is 3.98. The molecule has 0 spiro atoms. The van der Waals surface area contributed by atoms with Crippen molar-refractivity contribution in [2.24, 2.45) is 5.73 Å². The van der Waals surface area contributed by atoms with Crippen LogP contribution in [0.1, 0.15) is 36.7 Å². The Labute approximate surface area is 105 Å². The predicted octanol–water partition coefficient (Wildman–Crippen LogP) is 2.31. The lowest BCUT2D eigenvalue weighted by Gasteiger charge is -2.19. The second-order valence-corrected chi connectivity index (χ2v) is 5.36. The normalized spacial score (nSPS) is 11.7. The third kappa shape index (κ3) is 2.14. The first-order valence-electron chi connectivity index (χ1n) is 5.72. The molecule has 0 radical (unpaired) electrons. The Morgan fingerprint density at radius 3 is 2.50 bits per heavy atom. The van der Waals surface area contributed by atoms with Crippen LogP contribution in [0.3, 0.4) is 0 Å².